The topological polar surface area (TPSA) is 100 Å². The van der Waals surface area contributed by atoms with Crippen LogP contribution in [0.15, 0.2) is 61.3 Å². The number of hydrogen-bond donors (Lipinski definition) is 2. The Hall–Kier alpha value is -4.44. The Morgan fingerprint density at radius 3 is 2.67 bits per heavy atom. The van der Waals surface area contributed by atoms with Gasteiger partial charge in [0.25, 0.3) is 0 Å². The molecule has 0 atom stereocenters. The van der Waals surface area contributed by atoms with Crippen LogP contribution in [0, 0.1) is 0 Å². The van der Waals surface area contributed by atoms with Crippen LogP contribution in [0.25, 0.3) is 16.7 Å². The van der Waals surface area contributed by atoms with E-state index < -0.39 is 0 Å². The molecule has 0 bridgehead atoms. The first kappa shape index (κ1) is 26.2. The zero-order valence-electron chi connectivity index (χ0n) is 22.8. The summed E-state index contributed by atoms with van der Waals surface area (Å²) in [7, 11) is 7.63. The number of hydrogen-bond acceptors (Lipinski definition) is 8. The molecule has 5 rings (SSSR count). The van der Waals surface area contributed by atoms with Crippen molar-refractivity contribution in [2.45, 2.75) is 18.8 Å². The first-order valence-electron chi connectivity index (χ1n) is 13.0. The Bertz CT molecular complexity index is 1510. The van der Waals surface area contributed by atoms with Crippen molar-refractivity contribution in [3.8, 4) is 11.6 Å². The molecule has 2 aromatic heterocycles. The summed E-state index contributed by atoms with van der Waals surface area (Å²) < 4.78 is 7.60. The third-order valence-corrected chi connectivity index (χ3v) is 6.74. The number of para-hydroxylation sites is 1. The lowest BCUT2D eigenvalue weighted by Gasteiger charge is -2.26. The van der Waals surface area contributed by atoms with Crippen molar-refractivity contribution in [2.24, 2.45) is 0 Å². The summed E-state index contributed by atoms with van der Waals surface area (Å²) in [6.45, 7) is 5.19. The highest BCUT2D eigenvalue weighted by Gasteiger charge is 2.29. The van der Waals surface area contributed by atoms with Gasteiger partial charge in [0.1, 0.15) is 5.75 Å². The number of nitrogens with one attached hydrogen (secondary N) is 2. The van der Waals surface area contributed by atoms with Gasteiger partial charge in [0, 0.05) is 49.8 Å². The average molecular weight is 527 g/mol. The molecule has 1 fully saturated rings. The molecule has 2 heterocycles. The quantitative estimate of drug-likeness (QED) is 0.274. The number of rotatable bonds is 11. The van der Waals surface area contributed by atoms with E-state index in [1.165, 1.54) is 18.9 Å². The van der Waals surface area contributed by atoms with Crippen LogP contribution in [0.4, 0.5) is 23.0 Å². The lowest BCUT2D eigenvalue weighted by molar-refractivity contribution is -0.111. The molecule has 1 saturated carbocycles. The van der Waals surface area contributed by atoms with Crippen LogP contribution in [-0.4, -0.2) is 71.9 Å². The number of fused-ring (bicyclic) bond motifs is 1. The van der Waals surface area contributed by atoms with Crippen LogP contribution in [-0.2, 0) is 4.79 Å². The average Bonchev–Trinajstić information content (AvgIpc) is 3.71. The minimum Gasteiger partial charge on any atom is -0.494 e. The van der Waals surface area contributed by atoms with Gasteiger partial charge < -0.3 is 25.2 Å². The summed E-state index contributed by atoms with van der Waals surface area (Å²) in [6, 6.07) is 13.8. The van der Waals surface area contributed by atoms with Crippen LogP contribution in [0.1, 0.15) is 24.5 Å². The highest BCUT2D eigenvalue weighted by Crippen LogP contribution is 2.43. The molecule has 2 N–H and O–H groups in total. The Kier molecular flexibility index (Phi) is 7.47. The standard InChI is InChI=1S/C29H34N8O2/c1-6-27(38)31-21-17-22(25(39-5)18-24(21)36(4)16-15-35(2)3)32-29-30-14-13-26(33-29)37-23-10-8-7-9-20(23)28(34-37)19-11-12-19/h6-10,13-14,17-19H,1,11-12,15-16H2,2-5H3,(H,31,38)(H,30,32,33). The van der Waals surface area contributed by atoms with Crippen LogP contribution >= 0.6 is 0 Å². The third kappa shape index (κ3) is 5.70. The Balaban J connectivity index is 1.49. The molecule has 1 aliphatic carbocycles. The van der Waals surface area contributed by atoms with Gasteiger partial charge in [0.15, 0.2) is 5.82 Å². The second-order valence-electron chi connectivity index (χ2n) is 9.94. The molecule has 0 spiro atoms. The van der Waals surface area contributed by atoms with Crippen LogP contribution < -0.4 is 20.3 Å². The Labute approximate surface area is 228 Å². The molecular weight excluding hydrogens is 492 g/mol. The van der Waals surface area contributed by atoms with Crippen molar-refractivity contribution in [1.29, 1.82) is 0 Å². The second kappa shape index (κ2) is 11.1. The second-order valence-corrected chi connectivity index (χ2v) is 9.94. The van der Waals surface area contributed by atoms with E-state index in [1.807, 2.05) is 56.2 Å². The number of aromatic nitrogens is 4. The fourth-order valence-corrected chi connectivity index (χ4v) is 4.48. The van der Waals surface area contributed by atoms with E-state index in [9.17, 15) is 4.79 Å². The van der Waals surface area contributed by atoms with Crippen molar-refractivity contribution in [1.82, 2.24) is 24.6 Å². The fourth-order valence-electron chi connectivity index (χ4n) is 4.48. The number of amides is 1. The summed E-state index contributed by atoms with van der Waals surface area (Å²) >= 11 is 0. The number of nitrogens with zero attached hydrogens (tertiary/aromatic N) is 6. The third-order valence-electron chi connectivity index (χ3n) is 6.74. The van der Waals surface area contributed by atoms with Gasteiger partial charge in [-0.15, -0.1) is 0 Å². The van der Waals surface area contributed by atoms with Gasteiger partial charge in [0.2, 0.25) is 11.9 Å². The Morgan fingerprint density at radius 1 is 1.15 bits per heavy atom. The maximum absolute atomic E-state index is 12.3. The van der Waals surface area contributed by atoms with E-state index in [2.05, 4.69) is 44.1 Å². The monoisotopic (exact) mass is 526 g/mol. The van der Waals surface area contributed by atoms with Crippen LogP contribution in [0.3, 0.4) is 0 Å². The molecule has 0 unspecified atom stereocenters. The molecule has 10 nitrogen and oxygen atoms in total. The van der Waals surface area contributed by atoms with Gasteiger partial charge in [-0.05, 0) is 45.1 Å². The maximum Gasteiger partial charge on any atom is 0.247 e. The van der Waals surface area contributed by atoms with E-state index in [4.69, 9.17) is 14.8 Å². The van der Waals surface area contributed by atoms with E-state index in [-0.39, 0.29) is 5.91 Å². The number of carbonyl (C=O) groups is 1. The molecule has 1 aliphatic rings. The van der Waals surface area contributed by atoms with E-state index in [0.717, 1.165) is 35.4 Å². The summed E-state index contributed by atoms with van der Waals surface area (Å²) in [6.07, 6.45) is 5.29. The molecular formula is C29H34N8O2. The van der Waals surface area contributed by atoms with Gasteiger partial charge in [-0.25, -0.2) is 9.67 Å². The number of carbonyl (C=O) groups excluding carboxylic acids is 1. The number of anilines is 4. The summed E-state index contributed by atoms with van der Waals surface area (Å²) in [5.74, 6) is 1.85. The van der Waals surface area contributed by atoms with Crippen molar-refractivity contribution in [3.05, 3.63) is 67.0 Å². The predicted molar refractivity (Wildman–Crippen MR) is 156 cm³/mol. The summed E-state index contributed by atoms with van der Waals surface area (Å²) in [5.41, 5.74) is 4.19. The lowest BCUT2D eigenvalue weighted by Crippen LogP contribution is -2.29. The van der Waals surface area contributed by atoms with Crippen LogP contribution in [0.2, 0.25) is 0 Å². The zero-order valence-corrected chi connectivity index (χ0v) is 22.8. The zero-order chi connectivity index (χ0) is 27.5. The molecule has 1 amide bonds. The molecule has 2 aromatic carbocycles. The minimum atomic E-state index is -0.302. The van der Waals surface area contributed by atoms with Gasteiger partial charge in [-0.2, -0.15) is 10.1 Å². The maximum atomic E-state index is 12.3. The molecule has 0 saturated heterocycles. The number of likely N-dealkylation sites (N-methyl/N-ethyl adjacent to an activating group) is 2. The van der Waals surface area contributed by atoms with Crippen LogP contribution in [0.5, 0.6) is 5.75 Å². The van der Waals surface area contributed by atoms with Gasteiger partial charge in [-0.3, -0.25) is 4.79 Å². The van der Waals surface area contributed by atoms with E-state index >= 15 is 0 Å². The smallest absolute Gasteiger partial charge is 0.247 e. The van der Waals surface area contributed by atoms with Gasteiger partial charge >= 0.3 is 0 Å². The lowest BCUT2D eigenvalue weighted by atomic mass is 10.1. The Morgan fingerprint density at radius 2 is 1.95 bits per heavy atom. The molecule has 202 valence electrons. The summed E-state index contributed by atoms with van der Waals surface area (Å²) in [4.78, 5) is 25.7. The number of methoxy groups -OCH3 is 1. The van der Waals surface area contributed by atoms with E-state index in [0.29, 0.717) is 34.8 Å². The van der Waals surface area contributed by atoms with Crippen molar-refractivity contribution < 1.29 is 9.53 Å². The largest absolute Gasteiger partial charge is 0.494 e. The fraction of sp³-hybridized carbons (Fsp3) is 0.310. The van der Waals surface area contributed by atoms with Crippen molar-refractivity contribution >= 4 is 39.8 Å². The van der Waals surface area contributed by atoms with Crippen molar-refractivity contribution in [3.63, 3.8) is 0 Å². The van der Waals surface area contributed by atoms with Crippen molar-refractivity contribution in [2.75, 3.05) is 56.9 Å². The summed E-state index contributed by atoms with van der Waals surface area (Å²) in [5, 5.41) is 12.3. The highest BCUT2D eigenvalue weighted by atomic mass is 16.5. The molecule has 0 aliphatic heterocycles. The molecule has 0 radical (unpaired) electrons. The molecule has 4 aromatic rings. The molecule has 39 heavy (non-hydrogen) atoms. The van der Waals surface area contributed by atoms with E-state index in [1.54, 1.807) is 13.3 Å². The first-order valence-corrected chi connectivity index (χ1v) is 13.0. The molecule has 10 heteroatoms. The first-order chi connectivity index (χ1) is 18.9. The van der Waals surface area contributed by atoms with Gasteiger partial charge in [-0.1, -0.05) is 24.8 Å². The predicted octanol–water partition coefficient (Wildman–Crippen LogP) is 4.57. The number of ether oxygens (including phenoxy) is 1. The SMILES string of the molecule is C=CC(=O)Nc1cc(Nc2nccc(-n3nc(C4CC4)c4ccccc43)n2)c(OC)cc1N(C)CCN(C)C. The normalized spacial score (nSPS) is 12.9. The minimum absolute atomic E-state index is 0.302. The van der Waals surface area contributed by atoms with Gasteiger partial charge in [0.05, 0.1) is 35.4 Å². The highest BCUT2D eigenvalue weighted by molar-refractivity contribution is 6.02. The number of benzene rings is 2.